The standard InChI is InChI=1S/C24H32ClN3O4/c1-6-32-14-13-27(15-17(2)24(30)31-5)23(29)12-11-21-18(3)26-28(19(21)4)16-20-9-7-8-10-22(20)25/h7-12,17H,6,13-16H2,1-5H3/b12-11+/t17-/m0/s1. The highest BCUT2D eigenvalue weighted by Crippen LogP contribution is 2.20. The fourth-order valence-corrected chi connectivity index (χ4v) is 3.57. The minimum absolute atomic E-state index is 0.196. The van der Waals surface area contributed by atoms with Gasteiger partial charge in [0, 0.05) is 42.1 Å². The minimum Gasteiger partial charge on any atom is -0.469 e. The summed E-state index contributed by atoms with van der Waals surface area (Å²) in [6.45, 7) is 9.67. The summed E-state index contributed by atoms with van der Waals surface area (Å²) in [5.41, 5.74) is 3.62. The molecule has 174 valence electrons. The van der Waals surface area contributed by atoms with Crippen LogP contribution < -0.4 is 0 Å². The first-order valence-electron chi connectivity index (χ1n) is 10.7. The molecule has 2 rings (SSSR count). The third kappa shape index (κ3) is 6.93. The van der Waals surface area contributed by atoms with E-state index in [9.17, 15) is 9.59 Å². The zero-order valence-electron chi connectivity index (χ0n) is 19.4. The molecule has 0 N–H and O–H groups in total. The Kier molecular flexibility index (Phi) is 9.94. The molecular weight excluding hydrogens is 430 g/mol. The van der Waals surface area contributed by atoms with Gasteiger partial charge in [0.15, 0.2) is 0 Å². The third-order valence-corrected chi connectivity index (χ3v) is 5.60. The molecule has 0 fully saturated rings. The fraction of sp³-hybridized carbons (Fsp3) is 0.458. The van der Waals surface area contributed by atoms with Crippen LogP contribution in [0.4, 0.5) is 0 Å². The minimum atomic E-state index is -0.430. The first-order valence-corrected chi connectivity index (χ1v) is 11.1. The average molecular weight is 462 g/mol. The van der Waals surface area contributed by atoms with Gasteiger partial charge in [-0.2, -0.15) is 5.10 Å². The molecule has 0 bridgehead atoms. The lowest BCUT2D eigenvalue weighted by molar-refractivity contribution is -0.146. The number of rotatable bonds is 11. The molecule has 2 aromatic rings. The summed E-state index contributed by atoms with van der Waals surface area (Å²) in [7, 11) is 1.34. The van der Waals surface area contributed by atoms with E-state index in [2.05, 4.69) is 5.10 Å². The Bertz CT molecular complexity index is 955. The van der Waals surface area contributed by atoms with Crippen molar-refractivity contribution in [2.24, 2.45) is 5.92 Å². The summed E-state index contributed by atoms with van der Waals surface area (Å²) in [4.78, 5) is 26.3. The Labute approximate surface area is 194 Å². The van der Waals surface area contributed by atoms with Gasteiger partial charge in [-0.1, -0.05) is 36.7 Å². The monoisotopic (exact) mass is 461 g/mol. The summed E-state index contributed by atoms with van der Waals surface area (Å²) in [6, 6.07) is 7.66. The topological polar surface area (TPSA) is 73.7 Å². The molecule has 1 aromatic heterocycles. The molecule has 7 nitrogen and oxygen atoms in total. The number of aromatic nitrogens is 2. The zero-order valence-corrected chi connectivity index (χ0v) is 20.2. The van der Waals surface area contributed by atoms with E-state index in [1.54, 1.807) is 17.9 Å². The molecule has 0 unspecified atom stereocenters. The van der Waals surface area contributed by atoms with Crippen LogP contribution in [0.1, 0.15) is 36.4 Å². The summed E-state index contributed by atoms with van der Waals surface area (Å²) in [5, 5.41) is 5.31. The van der Waals surface area contributed by atoms with E-state index >= 15 is 0 Å². The summed E-state index contributed by atoms with van der Waals surface area (Å²) in [5.74, 6) is -0.977. The zero-order chi connectivity index (χ0) is 23.7. The molecule has 32 heavy (non-hydrogen) atoms. The number of carbonyl (C=O) groups is 2. The lowest BCUT2D eigenvalue weighted by Crippen LogP contribution is -2.38. The molecule has 1 amide bonds. The molecule has 0 saturated carbocycles. The van der Waals surface area contributed by atoms with E-state index < -0.39 is 5.92 Å². The molecule has 0 radical (unpaired) electrons. The van der Waals surface area contributed by atoms with Gasteiger partial charge in [-0.3, -0.25) is 14.3 Å². The predicted octanol–water partition coefficient (Wildman–Crippen LogP) is 3.89. The van der Waals surface area contributed by atoms with E-state index in [0.29, 0.717) is 31.3 Å². The maximum Gasteiger partial charge on any atom is 0.310 e. The van der Waals surface area contributed by atoms with Crippen LogP contribution in [-0.2, 0) is 25.6 Å². The van der Waals surface area contributed by atoms with Crippen molar-refractivity contribution in [3.05, 3.63) is 57.9 Å². The van der Waals surface area contributed by atoms with Crippen LogP contribution in [0.3, 0.4) is 0 Å². The van der Waals surface area contributed by atoms with Crippen molar-refractivity contribution in [2.45, 2.75) is 34.2 Å². The van der Waals surface area contributed by atoms with Crippen molar-refractivity contribution in [1.29, 1.82) is 0 Å². The average Bonchev–Trinajstić information content (AvgIpc) is 3.04. The van der Waals surface area contributed by atoms with Gasteiger partial charge in [0.2, 0.25) is 5.91 Å². The molecule has 1 atom stereocenters. The lowest BCUT2D eigenvalue weighted by Gasteiger charge is -2.23. The summed E-state index contributed by atoms with van der Waals surface area (Å²) < 4.78 is 12.1. The van der Waals surface area contributed by atoms with Crippen molar-refractivity contribution < 1.29 is 19.1 Å². The molecule has 8 heteroatoms. The van der Waals surface area contributed by atoms with Gasteiger partial charge in [0.1, 0.15) is 0 Å². The number of carbonyl (C=O) groups excluding carboxylic acids is 2. The highest BCUT2D eigenvalue weighted by Gasteiger charge is 2.20. The normalized spacial score (nSPS) is 12.2. The van der Waals surface area contributed by atoms with Gasteiger partial charge in [0.25, 0.3) is 0 Å². The fourth-order valence-electron chi connectivity index (χ4n) is 3.37. The number of nitrogens with zero attached hydrogens (tertiary/aromatic N) is 3. The number of aryl methyl sites for hydroxylation is 1. The molecule has 1 heterocycles. The number of esters is 1. The largest absolute Gasteiger partial charge is 0.469 e. The van der Waals surface area contributed by atoms with Crippen molar-refractivity contribution >= 4 is 29.6 Å². The van der Waals surface area contributed by atoms with Gasteiger partial charge >= 0.3 is 5.97 Å². The van der Waals surface area contributed by atoms with Gasteiger partial charge in [-0.25, -0.2) is 0 Å². The van der Waals surface area contributed by atoms with Gasteiger partial charge in [0.05, 0.1) is 31.9 Å². The Morgan fingerprint density at radius 1 is 1.28 bits per heavy atom. The van der Waals surface area contributed by atoms with Crippen LogP contribution in [0.2, 0.25) is 5.02 Å². The van der Waals surface area contributed by atoms with Crippen LogP contribution in [0, 0.1) is 19.8 Å². The third-order valence-electron chi connectivity index (χ3n) is 5.23. The smallest absolute Gasteiger partial charge is 0.310 e. The molecule has 0 spiro atoms. The maximum absolute atomic E-state index is 12.9. The van der Waals surface area contributed by atoms with E-state index in [4.69, 9.17) is 21.1 Å². The molecule has 0 aliphatic rings. The Balaban J connectivity index is 2.17. The van der Waals surface area contributed by atoms with Crippen LogP contribution >= 0.6 is 11.6 Å². The van der Waals surface area contributed by atoms with Gasteiger partial charge in [-0.05, 0) is 38.5 Å². The van der Waals surface area contributed by atoms with Crippen LogP contribution in [0.15, 0.2) is 30.3 Å². The summed E-state index contributed by atoms with van der Waals surface area (Å²) >= 11 is 6.29. The van der Waals surface area contributed by atoms with Crippen LogP contribution in [0.25, 0.3) is 6.08 Å². The highest BCUT2D eigenvalue weighted by atomic mass is 35.5. The number of halogens is 1. The van der Waals surface area contributed by atoms with Crippen LogP contribution in [-0.4, -0.2) is 60.0 Å². The first kappa shape index (κ1) is 25.6. The number of methoxy groups -OCH3 is 1. The van der Waals surface area contributed by atoms with E-state index in [1.165, 1.54) is 13.2 Å². The first-order chi connectivity index (χ1) is 15.3. The molecule has 0 aliphatic carbocycles. The Morgan fingerprint density at radius 3 is 2.66 bits per heavy atom. The predicted molar refractivity (Wildman–Crippen MR) is 126 cm³/mol. The second-order valence-electron chi connectivity index (χ2n) is 7.57. The molecular formula is C24H32ClN3O4. The number of amides is 1. The van der Waals surface area contributed by atoms with E-state index in [0.717, 1.165) is 22.5 Å². The molecule has 0 saturated heterocycles. The highest BCUT2D eigenvalue weighted by molar-refractivity contribution is 6.31. The second kappa shape index (κ2) is 12.4. The Hall–Kier alpha value is -2.64. The van der Waals surface area contributed by atoms with Gasteiger partial charge < -0.3 is 14.4 Å². The number of hydrogen-bond donors (Lipinski definition) is 0. The quantitative estimate of drug-likeness (QED) is 0.288. The SMILES string of the molecule is CCOCCN(C[C@H](C)C(=O)OC)C(=O)/C=C/c1c(C)nn(Cc2ccccc2Cl)c1C. The lowest BCUT2D eigenvalue weighted by atomic mass is 10.1. The van der Waals surface area contributed by atoms with Crippen molar-refractivity contribution in [3.63, 3.8) is 0 Å². The van der Waals surface area contributed by atoms with Crippen molar-refractivity contribution in [3.8, 4) is 0 Å². The van der Waals surface area contributed by atoms with Gasteiger partial charge in [-0.15, -0.1) is 0 Å². The van der Waals surface area contributed by atoms with Crippen molar-refractivity contribution in [1.82, 2.24) is 14.7 Å². The molecule has 1 aromatic carbocycles. The Morgan fingerprint density at radius 2 is 2.00 bits per heavy atom. The second-order valence-corrected chi connectivity index (χ2v) is 7.98. The number of ether oxygens (including phenoxy) is 2. The molecule has 0 aliphatic heterocycles. The number of benzene rings is 1. The number of hydrogen-bond acceptors (Lipinski definition) is 5. The van der Waals surface area contributed by atoms with E-state index in [-0.39, 0.29) is 18.4 Å². The van der Waals surface area contributed by atoms with E-state index in [1.807, 2.05) is 49.7 Å². The van der Waals surface area contributed by atoms with Crippen LogP contribution in [0.5, 0.6) is 0 Å². The van der Waals surface area contributed by atoms with Crippen molar-refractivity contribution in [2.75, 3.05) is 33.4 Å². The maximum atomic E-state index is 12.9. The summed E-state index contributed by atoms with van der Waals surface area (Å²) in [6.07, 6.45) is 3.30.